The molecule has 2 heterocycles. The molecule has 27 heavy (non-hydrogen) atoms. The number of aromatic nitrogens is 2. The van der Waals surface area contributed by atoms with Crippen LogP contribution in [0.25, 0.3) is 0 Å². The van der Waals surface area contributed by atoms with Crippen molar-refractivity contribution in [3.8, 4) is 0 Å². The van der Waals surface area contributed by atoms with Crippen molar-refractivity contribution in [1.82, 2.24) is 15.1 Å². The summed E-state index contributed by atoms with van der Waals surface area (Å²) in [7, 11) is 1.81. The molecule has 0 saturated heterocycles. The van der Waals surface area contributed by atoms with E-state index in [0.717, 1.165) is 41.4 Å². The number of nitrogens with zero attached hydrogens (tertiary/aromatic N) is 3. The van der Waals surface area contributed by atoms with Gasteiger partial charge in [0.1, 0.15) is 5.01 Å². The molecule has 0 unspecified atom stereocenters. The van der Waals surface area contributed by atoms with Gasteiger partial charge in [0.05, 0.1) is 13.2 Å². The van der Waals surface area contributed by atoms with Gasteiger partial charge in [0.25, 0.3) is 0 Å². The van der Waals surface area contributed by atoms with Crippen LogP contribution in [-0.2, 0) is 10.2 Å². The Kier molecular flexibility index (Phi) is 4.47. The zero-order valence-electron chi connectivity index (χ0n) is 15.9. The van der Waals surface area contributed by atoms with Crippen molar-refractivity contribution in [1.29, 1.82) is 0 Å². The van der Waals surface area contributed by atoms with Crippen molar-refractivity contribution in [2.24, 2.45) is 17.8 Å². The fourth-order valence-corrected chi connectivity index (χ4v) is 7.09. The Hall–Kier alpha value is -1.47. The van der Waals surface area contributed by atoms with Crippen LogP contribution in [0.2, 0.25) is 0 Å². The maximum absolute atomic E-state index is 12.5. The van der Waals surface area contributed by atoms with E-state index in [1.54, 1.807) is 16.2 Å². The molecule has 4 fully saturated rings. The highest BCUT2D eigenvalue weighted by molar-refractivity contribution is 7.15. The van der Waals surface area contributed by atoms with Gasteiger partial charge in [-0.1, -0.05) is 17.4 Å². The molecule has 1 aromatic heterocycles. The third-order valence-corrected chi connectivity index (χ3v) is 7.99. The Bertz CT molecular complexity index is 724. The smallest absolute Gasteiger partial charge is 0.323 e. The molecule has 1 aromatic rings. The summed E-state index contributed by atoms with van der Waals surface area (Å²) in [6.07, 6.45) is 11.2. The highest BCUT2D eigenvalue weighted by atomic mass is 32.1. The van der Waals surface area contributed by atoms with E-state index in [1.165, 1.54) is 38.5 Å². The summed E-state index contributed by atoms with van der Waals surface area (Å²) < 4.78 is 5.45. The van der Waals surface area contributed by atoms with Gasteiger partial charge in [-0.05, 0) is 68.3 Å². The summed E-state index contributed by atoms with van der Waals surface area (Å²) in [5, 5.41) is 13.6. The first-order chi connectivity index (χ1) is 13.1. The molecule has 0 spiro atoms. The maximum atomic E-state index is 12.5. The van der Waals surface area contributed by atoms with Gasteiger partial charge >= 0.3 is 6.03 Å². The molecule has 0 atom stereocenters. The van der Waals surface area contributed by atoms with Crippen molar-refractivity contribution >= 4 is 22.5 Å². The van der Waals surface area contributed by atoms with E-state index >= 15 is 0 Å². The lowest BCUT2D eigenvalue weighted by molar-refractivity contribution is -0.00555. The van der Waals surface area contributed by atoms with Gasteiger partial charge in [-0.15, -0.1) is 10.2 Å². The van der Waals surface area contributed by atoms with Gasteiger partial charge in [-0.2, -0.15) is 0 Å². The number of anilines is 1. The molecule has 0 aromatic carbocycles. The topological polar surface area (TPSA) is 67.3 Å². The van der Waals surface area contributed by atoms with E-state index in [-0.39, 0.29) is 11.4 Å². The molecule has 146 valence electrons. The van der Waals surface area contributed by atoms with Gasteiger partial charge in [-0.3, -0.25) is 5.32 Å². The van der Waals surface area contributed by atoms with E-state index in [9.17, 15) is 4.79 Å². The Labute approximate surface area is 164 Å². The highest BCUT2D eigenvalue weighted by Gasteiger charge is 2.53. The molecule has 1 aliphatic heterocycles. The van der Waals surface area contributed by atoms with Crippen LogP contribution in [-0.4, -0.2) is 47.9 Å². The van der Waals surface area contributed by atoms with Gasteiger partial charge in [-0.25, -0.2) is 4.79 Å². The quantitative estimate of drug-likeness (QED) is 0.797. The minimum absolute atomic E-state index is 0.130. The van der Waals surface area contributed by atoms with Crippen LogP contribution in [0.5, 0.6) is 0 Å². The third kappa shape index (κ3) is 3.40. The summed E-state index contributed by atoms with van der Waals surface area (Å²) in [5.41, 5.74) is 1.40. The van der Waals surface area contributed by atoms with Crippen molar-refractivity contribution in [2.75, 3.05) is 32.1 Å². The van der Waals surface area contributed by atoms with Gasteiger partial charge < -0.3 is 9.64 Å². The minimum Gasteiger partial charge on any atom is -0.377 e. The predicted molar refractivity (Wildman–Crippen MR) is 105 cm³/mol. The Morgan fingerprint density at radius 1 is 1.26 bits per heavy atom. The fraction of sp³-hybridized carbons (Fsp3) is 0.750. The second-order valence-corrected chi connectivity index (χ2v) is 10.1. The molecule has 1 N–H and O–H groups in total. The number of rotatable bonds is 4. The van der Waals surface area contributed by atoms with E-state index < -0.39 is 0 Å². The molecule has 4 aliphatic carbocycles. The second-order valence-electron chi connectivity index (χ2n) is 9.10. The van der Waals surface area contributed by atoms with Gasteiger partial charge in [0.15, 0.2) is 0 Å². The first kappa shape index (κ1) is 17.6. The summed E-state index contributed by atoms with van der Waals surface area (Å²) in [5.74, 6) is 2.65. The first-order valence-corrected chi connectivity index (χ1v) is 11.0. The number of hydrogen-bond acceptors (Lipinski definition) is 5. The molecule has 4 bridgehead atoms. The zero-order chi connectivity index (χ0) is 18.4. The summed E-state index contributed by atoms with van der Waals surface area (Å²) in [6, 6.07) is -0.130. The SMILES string of the molecule is CN(CC1=CCCOC1)C(=O)Nc1nnc(C23CC4CC(CC(C4)C2)C3)s1. The minimum atomic E-state index is -0.130. The largest absolute Gasteiger partial charge is 0.377 e. The zero-order valence-corrected chi connectivity index (χ0v) is 16.8. The van der Waals surface area contributed by atoms with Crippen LogP contribution in [0.3, 0.4) is 0 Å². The number of carbonyl (C=O) groups is 1. The lowest BCUT2D eigenvalue weighted by Gasteiger charge is -2.55. The van der Waals surface area contributed by atoms with Crippen LogP contribution in [0, 0.1) is 17.8 Å². The standard InChI is InChI=1S/C20H28N4O2S/c1-24(11-13-3-2-4-26-12-13)19(25)21-18-23-22-17(27-18)20-8-14-5-15(9-20)7-16(6-14)10-20/h3,14-16H,2,4-12H2,1H3,(H,21,23,25). The van der Waals surface area contributed by atoms with E-state index in [4.69, 9.17) is 4.74 Å². The van der Waals surface area contributed by atoms with E-state index in [0.29, 0.717) is 18.3 Å². The summed E-state index contributed by atoms with van der Waals surface area (Å²) in [4.78, 5) is 14.2. The number of likely N-dealkylation sites (N-methyl/N-ethyl adjacent to an activating group) is 1. The van der Waals surface area contributed by atoms with E-state index in [2.05, 4.69) is 21.6 Å². The number of carbonyl (C=O) groups excluding carboxylic acids is 1. The van der Waals surface area contributed by atoms with Crippen LogP contribution in [0.4, 0.5) is 9.93 Å². The number of nitrogens with one attached hydrogen (secondary N) is 1. The van der Waals surface area contributed by atoms with Gasteiger partial charge in [0.2, 0.25) is 5.13 Å². The van der Waals surface area contributed by atoms with Crippen LogP contribution >= 0.6 is 11.3 Å². The lowest BCUT2D eigenvalue weighted by Crippen LogP contribution is -2.48. The Morgan fingerprint density at radius 3 is 2.59 bits per heavy atom. The highest BCUT2D eigenvalue weighted by Crippen LogP contribution is 2.61. The van der Waals surface area contributed by atoms with Crippen LogP contribution in [0.15, 0.2) is 11.6 Å². The Morgan fingerprint density at radius 2 is 1.96 bits per heavy atom. The monoisotopic (exact) mass is 388 g/mol. The maximum Gasteiger partial charge on any atom is 0.323 e. The summed E-state index contributed by atoms with van der Waals surface area (Å²) in [6.45, 7) is 1.98. The average Bonchev–Trinajstić information content (AvgIpc) is 3.11. The number of ether oxygens (including phenoxy) is 1. The van der Waals surface area contributed by atoms with Crippen molar-refractivity contribution in [2.45, 2.75) is 50.4 Å². The Balaban J connectivity index is 1.24. The van der Waals surface area contributed by atoms with Crippen molar-refractivity contribution in [3.63, 3.8) is 0 Å². The average molecular weight is 389 g/mol. The van der Waals surface area contributed by atoms with Crippen molar-refractivity contribution in [3.05, 3.63) is 16.7 Å². The van der Waals surface area contributed by atoms with Gasteiger partial charge in [0, 0.05) is 19.0 Å². The predicted octanol–water partition coefficient (Wildman–Crippen LogP) is 3.82. The molecule has 0 radical (unpaired) electrons. The first-order valence-electron chi connectivity index (χ1n) is 10.2. The number of hydrogen-bond donors (Lipinski definition) is 1. The molecule has 4 saturated carbocycles. The molecular weight excluding hydrogens is 360 g/mol. The second kappa shape index (κ2) is 6.85. The third-order valence-electron chi connectivity index (χ3n) is 6.90. The fourth-order valence-electron chi connectivity index (χ4n) is 6.14. The number of amides is 2. The molecule has 5 aliphatic rings. The molecular formula is C20H28N4O2S. The van der Waals surface area contributed by atoms with Crippen LogP contribution in [0.1, 0.15) is 50.0 Å². The lowest BCUT2D eigenvalue weighted by atomic mass is 9.50. The summed E-state index contributed by atoms with van der Waals surface area (Å²) >= 11 is 1.59. The van der Waals surface area contributed by atoms with Crippen molar-refractivity contribution < 1.29 is 9.53 Å². The van der Waals surface area contributed by atoms with Crippen LogP contribution < -0.4 is 5.32 Å². The molecule has 7 heteroatoms. The number of urea groups is 1. The normalized spacial score (nSPS) is 34.4. The van der Waals surface area contributed by atoms with E-state index in [1.807, 2.05) is 7.05 Å². The molecule has 6 nitrogen and oxygen atoms in total. The molecule has 6 rings (SSSR count). The molecule has 2 amide bonds.